The molecule has 4 rings (SSSR count). The van der Waals surface area contributed by atoms with Crippen LogP contribution in [0.2, 0.25) is 0 Å². The lowest BCUT2D eigenvalue weighted by atomic mass is 9.87. The van der Waals surface area contributed by atoms with Gasteiger partial charge in [-0.3, -0.25) is 9.59 Å². The summed E-state index contributed by atoms with van der Waals surface area (Å²) >= 11 is 0. The summed E-state index contributed by atoms with van der Waals surface area (Å²) in [5, 5.41) is 25.2. The summed E-state index contributed by atoms with van der Waals surface area (Å²) in [5.74, 6) is -2.77. The number of pyridine rings is 1. The number of carbonyl (C=O) groups is 2. The third kappa shape index (κ3) is 5.49. The van der Waals surface area contributed by atoms with Crippen molar-refractivity contribution in [1.82, 2.24) is 15.3 Å². The topological polar surface area (TPSA) is 154 Å². The van der Waals surface area contributed by atoms with Gasteiger partial charge in [0.05, 0.1) is 19.3 Å². The molecule has 0 saturated heterocycles. The molecule has 0 aliphatic heterocycles. The molecule has 2 aromatic carbocycles. The van der Waals surface area contributed by atoms with Gasteiger partial charge < -0.3 is 35.0 Å². The van der Waals surface area contributed by atoms with Gasteiger partial charge in [-0.1, -0.05) is 24.3 Å². The fourth-order valence-electron chi connectivity index (χ4n) is 4.47. The highest BCUT2D eigenvalue weighted by atomic mass is 16.5. The predicted molar refractivity (Wildman–Crippen MR) is 141 cm³/mol. The molecule has 1 amide bonds. The van der Waals surface area contributed by atoms with Crippen LogP contribution in [-0.4, -0.2) is 52.3 Å². The second kappa shape index (κ2) is 11.5. The Kier molecular flexibility index (Phi) is 8.00. The predicted octanol–water partition coefficient (Wildman–Crippen LogP) is 3.33. The summed E-state index contributed by atoms with van der Waals surface area (Å²) in [7, 11) is 1.40. The first kappa shape index (κ1) is 26.3. The van der Waals surface area contributed by atoms with E-state index >= 15 is 0 Å². The summed E-state index contributed by atoms with van der Waals surface area (Å²) < 4.78 is 10.1. The molecule has 0 radical (unpaired) electrons. The fraction of sp³-hybridized carbons (Fsp3) is 0.250. The number of hydrogen-bond acceptors (Lipinski definition) is 7. The minimum absolute atomic E-state index is 0.0708. The molecule has 198 valence electrons. The van der Waals surface area contributed by atoms with Gasteiger partial charge in [-0.05, 0) is 42.7 Å². The zero-order chi connectivity index (χ0) is 27.2. The lowest BCUT2D eigenvalue weighted by molar-refractivity contribution is -0.121. The van der Waals surface area contributed by atoms with Crippen LogP contribution in [0.5, 0.6) is 17.2 Å². The number of aromatic hydroxyl groups is 2. The number of ether oxygens (including phenoxy) is 2. The average Bonchev–Trinajstić information content (AvgIpc) is 3.31. The normalized spacial score (nSPS) is 11.7. The first-order valence-corrected chi connectivity index (χ1v) is 12.1. The lowest BCUT2D eigenvalue weighted by Gasteiger charge is -2.20. The molecule has 0 spiro atoms. The molecule has 5 N–H and O–H groups in total. The summed E-state index contributed by atoms with van der Waals surface area (Å²) in [6.45, 7) is 2.03. The van der Waals surface area contributed by atoms with Gasteiger partial charge >= 0.3 is 5.97 Å². The molecule has 2 aromatic heterocycles. The van der Waals surface area contributed by atoms with E-state index in [-0.39, 0.29) is 41.6 Å². The lowest BCUT2D eigenvalue weighted by Crippen LogP contribution is -2.29. The average molecular weight is 520 g/mol. The van der Waals surface area contributed by atoms with Crippen molar-refractivity contribution in [1.29, 1.82) is 0 Å². The van der Waals surface area contributed by atoms with Crippen molar-refractivity contribution in [3.63, 3.8) is 0 Å². The molecule has 0 unspecified atom stereocenters. The van der Waals surface area contributed by atoms with Crippen molar-refractivity contribution >= 4 is 22.8 Å². The maximum Gasteiger partial charge on any atom is 0.343 e. The highest BCUT2D eigenvalue weighted by molar-refractivity contribution is 5.92. The van der Waals surface area contributed by atoms with E-state index in [1.807, 2.05) is 30.5 Å². The fourth-order valence-corrected chi connectivity index (χ4v) is 4.47. The van der Waals surface area contributed by atoms with Crippen LogP contribution in [0.3, 0.4) is 0 Å². The Morgan fingerprint density at radius 3 is 2.61 bits per heavy atom. The van der Waals surface area contributed by atoms with E-state index < -0.39 is 23.2 Å². The molecule has 10 nitrogen and oxygen atoms in total. The molecule has 10 heteroatoms. The SMILES string of the molecule is CCOC(=O)c1c[nH]c(=O)c([C@H](CC(=O)NCCc2c[nH]c3ccccc23)c2ccc(OC)c(O)c2)c1O. The van der Waals surface area contributed by atoms with E-state index in [1.165, 1.54) is 19.2 Å². The van der Waals surface area contributed by atoms with E-state index in [0.29, 0.717) is 18.5 Å². The number of benzene rings is 2. The van der Waals surface area contributed by atoms with Gasteiger partial charge in [0.2, 0.25) is 5.91 Å². The third-order valence-corrected chi connectivity index (χ3v) is 6.33. The number of aromatic nitrogens is 2. The quantitative estimate of drug-likeness (QED) is 0.201. The first-order valence-electron chi connectivity index (χ1n) is 12.1. The van der Waals surface area contributed by atoms with E-state index in [1.54, 1.807) is 13.0 Å². The standard InChI is InChI=1S/C28H29N3O7/c1-3-38-28(36)20-15-31-27(35)25(26(20)34)19(16-8-9-23(37-2)22(32)12-16)13-24(33)29-11-10-17-14-30-21-7-5-4-6-18(17)21/h4-9,12,14-15,19,30,32H,3,10-11,13H2,1-2H3,(H,29,33)(H2,31,34,35)/t19-/m1/s1. The number of phenols is 1. The zero-order valence-electron chi connectivity index (χ0n) is 21.0. The van der Waals surface area contributed by atoms with Gasteiger partial charge in [-0.15, -0.1) is 0 Å². The maximum atomic E-state index is 13.1. The number of amides is 1. The summed E-state index contributed by atoms with van der Waals surface area (Å²) in [6.07, 6.45) is 3.32. The molecule has 1 atom stereocenters. The van der Waals surface area contributed by atoms with E-state index in [9.17, 15) is 24.6 Å². The summed E-state index contributed by atoms with van der Waals surface area (Å²) in [6, 6.07) is 12.3. The van der Waals surface area contributed by atoms with Gasteiger partial charge in [0.25, 0.3) is 5.56 Å². The molecule has 4 aromatic rings. The third-order valence-electron chi connectivity index (χ3n) is 6.33. The van der Waals surface area contributed by atoms with Gasteiger partial charge in [-0.25, -0.2) is 4.79 Å². The van der Waals surface area contributed by atoms with Crippen LogP contribution < -0.4 is 15.6 Å². The molecule has 0 aliphatic rings. The van der Waals surface area contributed by atoms with Crippen LogP contribution in [0, 0.1) is 0 Å². The Morgan fingerprint density at radius 2 is 1.87 bits per heavy atom. The summed E-state index contributed by atoms with van der Waals surface area (Å²) in [5.41, 5.74) is 1.33. The van der Waals surface area contributed by atoms with E-state index in [4.69, 9.17) is 9.47 Å². The van der Waals surface area contributed by atoms with Crippen LogP contribution in [0.15, 0.2) is 59.7 Å². The number of methoxy groups -OCH3 is 1. The molecule has 0 fully saturated rings. The highest BCUT2D eigenvalue weighted by Gasteiger charge is 2.28. The van der Waals surface area contributed by atoms with Crippen LogP contribution >= 0.6 is 0 Å². The van der Waals surface area contributed by atoms with Crippen LogP contribution in [0.4, 0.5) is 0 Å². The Hall–Kier alpha value is -4.73. The molecule has 0 saturated carbocycles. The van der Waals surface area contributed by atoms with Gasteiger partial charge in [0.15, 0.2) is 11.5 Å². The summed E-state index contributed by atoms with van der Waals surface area (Å²) in [4.78, 5) is 43.9. The molecular formula is C28H29N3O7. The number of para-hydroxylation sites is 1. The van der Waals surface area contributed by atoms with Crippen LogP contribution in [0.25, 0.3) is 10.9 Å². The maximum absolute atomic E-state index is 13.1. The van der Waals surface area contributed by atoms with Crippen molar-refractivity contribution in [2.75, 3.05) is 20.3 Å². The van der Waals surface area contributed by atoms with Crippen molar-refractivity contribution in [2.45, 2.75) is 25.7 Å². The largest absolute Gasteiger partial charge is 0.506 e. The number of H-pyrrole nitrogens is 2. The van der Waals surface area contributed by atoms with E-state index in [2.05, 4.69) is 15.3 Å². The van der Waals surface area contributed by atoms with Crippen LogP contribution in [0.1, 0.15) is 46.3 Å². The second-order valence-corrected chi connectivity index (χ2v) is 8.66. The highest BCUT2D eigenvalue weighted by Crippen LogP contribution is 2.37. The first-order chi connectivity index (χ1) is 18.3. The molecule has 0 aliphatic carbocycles. The number of hydrogen-bond donors (Lipinski definition) is 5. The second-order valence-electron chi connectivity index (χ2n) is 8.66. The van der Waals surface area contributed by atoms with Crippen molar-refractivity contribution in [2.24, 2.45) is 0 Å². The Balaban J connectivity index is 1.61. The van der Waals surface area contributed by atoms with Crippen molar-refractivity contribution < 1.29 is 29.3 Å². The Labute approximate surface area is 218 Å². The smallest absolute Gasteiger partial charge is 0.343 e. The van der Waals surface area contributed by atoms with Crippen molar-refractivity contribution in [3.05, 3.63) is 87.5 Å². The number of rotatable bonds is 10. The van der Waals surface area contributed by atoms with E-state index in [0.717, 1.165) is 22.7 Å². The minimum Gasteiger partial charge on any atom is -0.506 e. The van der Waals surface area contributed by atoms with Gasteiger partial charge in [0.1, 0.15) is 11.3 Å². The van der Waals surface area contributed by atoms with Crippen molar-refractivity contribution in [3.8, 4) is 17.2 Å². The molecule has 2 heterocycles. The number of nitrogens with one attached hydrogen (secondary N) is 3. The minimum atomic E-state index is -0.988. The van der Waals surface area contributed by atoms with Crippen LogP contribution in [-0.2, 0) is 16.0 Å². The number of aromatic amines is 2. The number of phenolic OH excluding ortho intramolecular Hbond substituents is 1. The number of fused-ring (bicyclic) bond motifs is 1. The number of esters is 1. The van der Waals surface area contributed by atoms with Gasteiger partial charge in [0, 0.05) is 42.2 Å². The Bertz CT molecular complexity index is 1520. The molecular weight excluding hydrogens is 490 g/mol. The Morgan fingerprint density at radius 1 is 1.08 bits per heavy atom. The molecule has 0 bridgehead atoms. The molecule has 38 heavy (non-hydrogen) atoms. The van der Waals surface area contributed by atoms with Gasteiger partial charge in [-0.2, -0.15) is 0 Å². The number of carbonyl (C=O) groups excluding carboxylic acids is 2. The monoisotopic (exact) mass is 519 g/mol. The zero-order valence-corrected chi connectivity index (χ0v) is 21.0.